The molecule has 0 bridgehead atoms. The van der Waals surface area contributed by atoms with Crippen molar-refractivity contribution in [3.63, 3.8) is 0 Å². The first-order valence-corrected chi connectivity index (χ1v) is 3.26. The Morgan fingerprint density at radius 2 is 2.54 bits per heavy atom. The molecule has 1 aliphatic heterocycles. The summed E-state index contributed by atoms with van der Waals surface area (Å²) in [5.74, 6) is -1.16. The number of carbonyl (C=O) groups is 1. The lowest BCUT2D eigenvalue weighted by atomic mass is 10.1. The van der Waals surface area contributed by atoms with E-state index in [2.05, 4.69) is 9.99 Å². The zero-order chi connectivity index (χ0) is 9.14. The smallest absolute Gasteiger partial charge is 0.324 e. The highest BCUT2D eigenvalue weighted by Crippen LogP contribution is 2.12. The van der Waals surface area contributed by atoms with Crippen molar-refractivity contribution in [2.75, 3.05) is 0 Å². The number of rotatable bonds is 2. The van der Waals surface area contributed by atoms with E-state index in [1.165, 1.54) is 0 Å². The minimum Gasteiger partial charge on any atom is -0.480 e. The molecule has 0 saturated heterocycles. The highest BCUT2D eigenvalue weighted by Gasteiger charge is 2.31. The molecule has 7 heteroatoms. The van der Waals surface area contributed by atoms with Gasteiger partial charge < -0.3 is 15.7 Å². The number of oxime groups is 1. The predicted molar refractivity (Wildman–Crippen MR) is 45.4 cm³/mol. The molecule has 13 heavy (non-hydrogen) atoms. The van der Waals surface area contributed by atoms with E-state index in [-0.39, 0.29) is 24.5 Å². The number of hydrogen-bond acceptors (Lipinski definition) is 5. The first kappa shape index (κ1) is 11.7. The fourth-order valence-electron chi connectivity index (χ4n) is 0.814. The van der Waals surface area contributed by atoms with E-state index < -0.39 is 18.1 Å². The van der Waals surface area contributed by atoms with Crippen molar-refractivity contribution in [3.05, 3.63) is 0 Å². The topological polar surface area (TPSA) is 109 Å². The van der Waals surface area contributed by atoms with E-state index in [1.807, 2.05) is 0 Å². The van der Waals surface area contributed by atoms with Crippen LogP contribution in [0.5, 0.6) is 0 Å². The van der Waals surface area contributed by atoms with Crippen LogP contribution in [0, 0.1) is 11.3 Å². The summed E-state index contributed by atoms with van der Waals surface area (Å²) >= 11 is 0. The van der Waals surface area contributed by atoms with E-state index in [0.717, 1.165) is 0 Å². The molecule has 1 heterocycles. The molecule has 1 rings (SSSR count). The van der Waals surface area contributed by atoms with Gasteiger partial charge in [0.25, 0.3) is 0 Å². The second-order valence-electron chi connectivity index (χ2n) is 2.36. The largest absolute Gasteiger partial charge is 0.480 e. The number of hydrogen-bond donors (Lipinski definition) is 2. The third-order valence-corrected chi connectivity index (χ3v) is 1.51. The first-order chi connectivity index (χ1) is 5.65. The van der Waals surface area contributed by atoms with Crippen LogP contribution >= 0.6 is 12.4 Å². The summed E-state index contributed by atoms with van der Waals surface area (Å²) < 4.78 is 0. The fraction of sp³-hybridized carbons (Fsp3) is 0.500. The second kappa shape index (κ2) is 4.64. The monoisotopic (exact) mass is 205 g/mol. The molecule has 0 spiro atoms. The average Bonchev–Trinajstić information content (AvgIpc) is 2.50. The molecular weight excluding hydrogens is 198 g/mol. The van der Waals surface area contributed by atoms with Gasteiger partial charge in [-0.05, 0) is 0 Å². The van der Waals surface area contributed by atoms with Crippen LogP contribution in [0.1, 0.15) is 6.42 Å². The Bertz CT molecular complexity index is 273. The quantitative estimate of drug-likeness (QED) is 0.631. The Morgan fingerprint density at radius 1 is 1.92 bits per heavy atom. The van der Waals surface area contributed by atoms with E-state index in [9.17, 15) is 4.79 Å². The third kappa shape index (κ3) is 2.57. The minimum absolute atomic E-state index is 0. The molecule has 0 aromatic rings. The van der Waals surface area contributed by atoms with Gasteiger partial charge in [0.05, 0.1) is 0 Å². The Labute approximate surface area is 80.4 Å². The number of nitrogens with zero attached hydrogens (tertiary/aromatic N) is 2. The molecule has 0 saturated carbocycles. The van der Waals surface area contributed by atoms with Crippen LogP contribution < -0.4 is 5.73 Å². The van der Waals surface area contributed by atoms with Gasteiger partial charge in [-0.15, -0.1) is 12.4 Å². The molecule has 0 aromatic heterocycles. The molecule has 3 N–H and O–H groups in total. The van der Waals surface area contributed by atoms with Gasteiger partial charge in [0.15, 0.2) is 11.8 Å². The summed E-state index contributed by atoms with van der Waals surface area (Å²) in [6.07, 6.45) is -0.540. The fourth-order valence-corrected chi connectivity index (χ4v) is 0.814. The Kier molecular flexibility index (Phi) is 4.17. The molecule has 1 aliphatic rings. The molecule has 0 radical (unpaired) electrons. The van der Waals surface area contributed by atoms with Crippen molar-refractivity contribution in [3.8, 4) is 6.07 Å². The van der Waals surface area contributed by atoms with Crippen molar-refractivity contribution in [2.24, 2.45) is 10.9 Å². The number of nitrogens with two attached hydrogens (primary N) is 1. The van der Waals surface area contributed by atoms with Crippen molar-refractivity contribution in [1.29, 1.82) is 5.26 Å². The van der Waals surface area contributed by atoms with Crippen molar-refractivity contribution >= 4 is 24.1 Å². The van der Waals surface area contributed by atoms with E-state index >= 15 is 0 Å². The second-order valence-corrected chi connectivity index (χ2v) is 2.36. The third-order valence-electron chi connectivity index (χ3n) is 1.51. The van der Waals surface area contributed by atoms with E-state index in [4.69, 9.17) is 16.1 Å². The van der Waals surface area contributed by atoms with Crippen molar-refractivity contribution in [1.82, 2.24) is 0 Å². The van der Waals surface area contributed by atoms with Crippen molar-refractivity contribution in [2.45, 2.75) is 18.6 Å². The zero-order valence-electron chi connectivity index (χ0n) is 6.51. The molecule has 0 aromatic carbocycles. The normalized spacial score (nSPS) is 21.8. The molecule has 72 valence electrons. The predicted octanol–water partition coefficient (Wildman–Crippen LogP) is -0.511. The zero-order valence-corrected chi connectivity index (χ0v) is 7.32. The van der Waals surface area contributed by atoms with Crippen molar-refractivity contribution < 1.29 is 14.7 Å². The van der Waals surface area contributed by atoms with Gasteiger partial charge in [-0.2, -0.15) is 5.26 Å². The highest BCUT2D eigenvalue weighted by molar-refractivity contribution is 5.99. The summed E-state index contributed by atoms with van der Waals surface area (Å²) in [6.45, 7) is 0. The lowest BCUT2D eigenvalue weighted by Gasteiger charge is -2.11. The van der Waals surface area contributed by atoms with Gasteiger partial charge in [-0.1, -0.05) is 5.16 Å². The van der Waals surface area contributed by atoms with Crippen LogP contribution in [0.2, 0.25) is 0 Å². The van der Waals surface area contributed by atoms with Gasteiger partial charge in [-0.3, -0.25) is 4.79 Å². The Morgan fingerprint density at radius 3 is 2.92 bits per heavy atom. The summed E-state index contributed by atoms with van der Waals surface area (Å²) in [5, 5.41) is 20.2. The maximum absolute atomic E-state index is 10.3. The molecule has 0 fully saturated rings. The average molecular weight is 206 g/mol. The maximum Gasteiger partial charge on any atom is 0.324 e. The molecule has 0 aliphatic carbocycles. The van der Waals surface area contributed by atoms with E-state index in [0.29, 0.717) is 0 Å². The number of carboxylic acid groups (broad SMARTS) is 1. The summed E-state index contributed by atoms with van der Waals surface area (Å²) in [4.78, 5) is 15.0. The number of halogens is 1. The van der Waals surface area contributed by atoms with Gasteiger partial charge in [0, 0.05) is 6.42 Å². The molecule has 2 atom stereocenters. The number of carboxylic acids is 1. The SMILES string of the molecule is Cl.N#CC1=NOC(C(N)C(=O)O)C1. The standard InChI is InChI=1S/C6H7N3O3.ClH/c7-2-3-1-4(12-9-3)5(8)6(10)11;/h4-5H,1,8H2,(H,10,11);1H. The van der Waals surface area contributed by atoms with E-state index in [1.54, 1.807) is 6.07 Å². The lowest BCUT2D eigenvalue weighted by Crippen LogP contribution is -2.41. The Balaban J connectivity index is 0.00000144. The van der Waals surface area contributed by atoms with Gasteiger partial charge in [-0.25, -0.2) is 0 Å². The summed E-state index contributed by atoms with van der Waals surface area (Å²) in [6, 6.07) is 0.639. The first-order valence-electron chi connectivity index (χ1n) is 3.26. The maximum atomic E-state index is 10.3. The minimum atomic E-state index is -1.16. The van der Waals surface area contributed by atoms with Crippen LogP contribution in [-0.2, 0) is 9.63 Å². The lowest BCUT2D eigenvalue weighted by molar-refractivity contribution is -0.141. The summed E-state index contributed by atoms with van der Waals surface area (Å²) in [5.41, 5.74) is 5.41. The van der Waals surface area contributed by atoms with Crippen LogP contribution in [0.15, 0.2) is 5.16 Å². The van der Waals surface area contributed by atoms with Crippen LogP contribution in [0.3, 0.4) is 0 Å². The number of nitriles is 1. The number of aliphatic carboxylic acids is 1. The molecule has 0 amide bonds. The van der Waals surface area contributed by atoms with Gasteiger partial charge in [0.2, 0.25) is 0 Å². The molecule has 6 nitrogen and oxygen atoms in total. The Hall–Kier alpha value is -1.32. The summed E-state index contributed by atoms with van der Waals surface area (Å²) in [7, 11) is 0. The van der Waals surface area contributed by atoms with Crippen LogP contribution in [-0.4, -0.2) is 28.9 Å². The van der Waals surface area contributed by atoms with Crippen LogP contribution in [0.4, 0.5) is 0 Å². The molecule has 2 unspecified atom stereocenters. The van der Waals surface area contributed by atoms with Crippen LogP contribution in [0.25, 0.3) is 0 Å². The molecular formula is C6H8ClN3O3. The highest BCUT2D eigenvalue weighted by atomic mass is 35.5. The van der Waals surface area contributed by atoms with Gasteiger partial charge >= 0.3 is 5.97 Å². The van der Waals surface area contributed by atoms with Gasteiger partial charge in [0.1, 0.15) is 12.1 Å².